The summed E-state index contributed by atoms with van der Waals surface area (Å²) >= 11 is 5.28. The van der Waals surface area contributed by atoms with Crippen LogP contribution in [0.4, 0.5) is 0 Å². The molecule has 0 aliphatic rings. The van der Waals surface area contributed by atoms with Gasteiger partial charge in [-0.1, -0.05) is 48.5 Å². The Hall–Kier alpha value is -2.15. The summed E-state index contributed by atoms with van der Waals surface area (Å²) in [5.74, 6) is -0.227. The molecule has 1 amide bonds. The first-order valence-electron chi connectivity index (χ1n) is 8.15. The van der Waals surface area contributed by atoms with Gasteiger partial charge in [0.25, 0.3) is 0 Å². The first kappa shape index (κ1) is 20.2. The van der Waals surface area contributed by atoms with Crippen LogP contribution in [0.1, 0.15) is 12.0 Å². The molecule has 0 bridgehead atoms. The summed E-state index contributed by atoms with van der Waals surface area (Å²) in [6.45, 7) is 0.607. The van der Waals surface area contributed by atoms with Gasteiger partial charge in [0.15, 0.2) is 0 Å². The molecule has 138 valence electrons. The van der Waals surface area contributed by atoms with Gasteiger partial charge in [0.1, 0.15) is 5.21 Å². The monoisotopic (exact) mass is 392 g/mol. The van der Waals surface area contributed by atoms with Crippen LogP contribution in [-0.4, -0.2) is 32.6 Å². The van der Waals surface area contributed by atoms with Crippen LogP contribution >= 0.6 is 11.6 Å². The van der Waals surface area contributed by atoms with E-state index in [2.05, 4.69) is 10.0 Å². The van der Waals surface area contributed by atoms with E-state index in [0.29, 0.717) is 13.0 Å². The van der Waals surface area contributed by atoms with Crippen LogP contribution in [0.15, 0.2) is 60.7 Å². The van der Waals surface area contributed by atoms with E-state index in [1.165, 1.54) is 6.08 Å². The Balaban J connectivity index is 1.81. The van der Waals surface area contributed by atoms with Crippen LogP contribution in [0, 0.1) is 0 Å². The number of amides is 1. The molecule has 0 spiro atoms. The lowest BCUT2D eigenvalue weighted by Gasteiger charge is -2.04. The lowest BCUT2D eigenvalue weighted by molar-refractivity contribution is -0.116. The van der Waals surface area contributed by atoms with Gasteiger partial charge in [-0.2, -0.15) is 0 Å². The molecule has 0 aliphatic heterocycles. The predicted molar refractivity (Wildman–Crippen MR) is 106 cm³/mol. The van der Waals surface area contributed by atoms with Gasteiger partial charge in [-0.15, -0.1) is 11.6 Å². The van der Waals surface area contributed by atoms with Gasteiger partial charge < -0.3 is 5.32 Å². The van der Waals surface area contributed by atoms with Crippen LogP contribution in [0.3, 0.4) is 0 Å². The van der Waals surface area contributed by atoms with Crippen LogP contribution in [0.2, 0.25) is 0 Å². The molecule has 0 heterocycles. The van der Waals surface area contributed by atoms with Gasteiger partial charge in [0.05, 0.1) is 0 Å². The highest BCUT2D eigenvalue weighted by molar-refractivity contribution is 7.90. The maximum Gasteiger partial charge on any atom is 0.243 e. The molecule has 0 radical (unpaired) electrons. The summed E-state index contributed by atoms with van der Waals surface area (Å²) in [5.41, 5.74) is 3.13. The Morgan fingerprint density at radius 1 is 1.00 bits per heavy atom. The van der Waals surface area contributed by atoms with Gasteiger partial charge >= 0.3 is 0 Å². The fourth-order valence-corrected chi connectivity index (χ4v) is 3.01. The van der Waals surface area contributed by atoms with Crippen molar-refractivity contribution in [3.63, 3.8) is 0 Å². The summed E-state index contributed by atoms with van der Waals surface area (Å²) in [4.78, 5) is 11.8. The van der Waals surface area contributed by atoms with E-state index >= 15 is 0 Å². The zero-order valence-corrected chi connectivity index (χ0v) is 15.8. The van der Waals surface area contributed by atoms with Gasteiger partial charge in [0.2, 0.25) is 15.9 Å². The molecule has 0 atom stereocenters. The van der Waals surface area contributed by atoms with Gasteiger partial charge in [0, 0.05) is 19.2 Å². The van der Waals surface area contributed by atoms with Crippen molar-refractivity contribution in [3.05, 3.63) is 66.2 Å². The second kappa shape index (κ2) is 10.1. The molecule has 0 fully saturated rings. The van der Waals surface area contributed by atoms with E-state index in [1.807, 2.05) is 54.6 Å². The van der Waals surface area contributed by atoms with Crippen molar-refractivity contribution in [2.45, 2.75) is 6.42 Å². The summed E-state index contributed by atoms with van der Waals surface area (Å²) in [6.07, 6.45) is 3.70. The normalized spacial score (nSPS) is 11.6. The van der Waals surface area contributed by atoms with E-state index in [0.717, 1.165) is 16.7 Å². The molecule has 0 aliphatic carbocycles. The van der Waals surface area contributed by atoms with Crippen molar-refractivity contribution in [3.8, 4) is 11.1 Å². The van der Waals surface area contributed by atoms with Gasteiger partial charge in [-0.3, -0.25) is 4.79 Å². The Morgan fingerprint density at radius 2 is 1.73 bits per heavy atom. The SMILES string of the molecule is O=C(/C=C/c1cccc(-c2ccccc2)c1)NCCCNS(=O)(=O)CCl. The van der Waals surface area contributed by atoms with Crippen molar-refractivity contribution in [1.82, 2.24) is 10.0 Å². The minimum absolute atomic E-state index is 0.227. The van der Waals surface area contributed by atoms with E-state index in [4.69, 9.17) is 11.6 Å². The average Bonchev–Trinajstić information content (AvgIpc) is 2.67. The molecule has 2 N–H and O–H groups in total. The third kappa shape index (κ3) is 7.00. The lowest BCUT2D eigenvalue weighted by Crippen LogP contribution is -2.29. The minimum atomic E-state index is -3.40. The molecule has 2 rings (SSSR count). The number of benzene rings is 2. The molecule has 0 saturated heterocycles. The first-order chi connectivity index (χ1) is 12.5. The largest absolute Gasteiger partial charge is 0.353 e. The topological polar surface area (TPSA) is 75.3 Å². The molecule has 2 aromatic rings. The number of halogens is 1. The molecule has 5 nitrogen and oxygen atoms in total. The highest BCUT2D eigenvalue weighted by Crippen LogP contribution is 2.20. The zero-order valence-electron chi connectivity index (χ0n) is 14.2. The summed E-state index contributed by atoms with van der Waals surface area (Å²) in [7, 11) is -3.40. The maximum atomic E-state index is 11.8. The van der Waals surface area contributed by atoms with E-state index in [-0.39, 0.29) is 12.5 Å². The van der Waals surface area contributed by atoms with Crippen molar-refractivity contribution in [1.29, 1.82) is 0 Å². The van der Waals surface area contributed by atoms with Crippen molar-refractivity contribution in [2.24, 2.45) is 0 Å². The quantitative estimate of drug-likeness (QED) is 0.391. The number of carbonyl (C=O) groups is 1. The minimum Gasteiger partial charge on any atom is -0.353 e. The number of hydrogen-bond acceptors (Lipinski definition) is 3. The molecule has 26 heavy (non-hydrogen) atoms. The fraction of sp³-hybridized carbons (Fsp3) is 0.211. The van der Waals surface area contributed by atoms with Crippen LogP contribution in [0.25, 0.3) is 17.2 Å². The highest BCUT2D eigenvalue weighted by atomic mass is 35.5. The second-order valence-corrected chi connectivity index (χ2v) is 7.98. The Morgan fingerprint density at radius 3 is 2.46 bits per heavy atom. The summed E-state index contributed by atoms with van der Waals surface area (Å²) in [5, 5.41) is 2.24. The number of carbonyl (C=O) groups excluding carboxylic acids is 1. The van der Waals surface area contributed by atoms with Crippen LogP contribution in [-0.2, 0) is 14.8 Å². The molecule has 0 saturated carbocycles. The first-order valence-corrected chi connectivity index (χ1v) is 10.3. The highest BCUT2D eigenvalue weighted by Gasteiger charge is 2.05. The number of sulfonamides is 1. The van der Waals surface area contributed by atoms with E-state index in [9.17, 15) is 13.2 Å². The Kier molecular flexibility index (Phi) is 7.84. The third-order valence-electron chi connectivity index (χ3n) is 3.54. The summed E-state index contributed by atoms with van der Waals surface area (Å²) < 4.78 is 24.6. The van der Waals surface area contributed by atoms with E-state index in [1.54, 1.807) is 6.08 Å². The zero-order chi connectivity index (χ0) is 18.8. The van der Waals surface area contributed by atoms with Crippen LogP contribution in [0.5, 0.6) is 0 Å². The predicted octanol–water partition coefficient (Wildman–Crippen LogP) is 2.99. The van der Waals surface area contributed by atoms with Crippen molar-refractivity contribution in [2.75, 3.05) is 18.3 Å². The summed E-state index contributed by atoms with van der Waals surface area (Å²) in [6, 6.07) is 17.9. The fourth-order valence-electron chi connectivity index (χ4n) is 2.25. The second-order valence-electron chi connectivity index (χ2n) is 5.59. The number of rotatable bonds is 9. The lowest BCUT2D eigenvalue weighted by atomic mass is 10.0. The Bertz CT molecular complexity index is 852. The Labute approximate surface area is 159 Å². The molecule has 0 aromatic heterocycles. The van der Waals surface area contributed by atoms with Gasteiger partial charge in [-0.05, 0) is 35.3 Å². The van der Waals surface area contributed by atoms with Crippen molar-refractivity contribution < 1.29 is 13.2 Å². The number of nitrogens with one attached hydrogen (secondary N) is 2. The standard InChI is InChI=1S/C19H21ClN2O3S/c20-15-26(24,25)22-13-5-12-21-19(23)11-10-16-6-4-9-18(14-16)17-7-2-1-3-8-17/h1-4,6-11,14,22H,5,12-13,15H2,(H,21,23)/b11-10+. The van der Waals surface area contributed by atoms with Crippen molar-refractivity contribution >= 4 is 33.6 Å². The maximum absolute atomic E-state index is 11.8. The average molecular weight is 393 g/mol. The molecule has 7 heteroatoms. The molecular weight excluding hydrogens is 372 g/mol. The number of alkyl halides is 1. The smallest absolute Gasteiger partial charge is 0.243 e. The van der Waals surface area contributed by atoms with Gasteiger partial charge in [-0.25, -0.2) is 13.1 Å². The molecule has 0 unspecified atom stereocenters. The number of hydrogen-bond donors (Lipinski definition) is 2. The van der Waals surface area contributed by atoms with E-state index < -0.39 is 15.2 Å². The molecular formula is C19H21ClN2O3S. The third-order valence-corrected chi connectivity index (χ3v) is 5.33. The molecule has 2 aromatic carbocycles. The van der Waals surface area contributed by atoms with Crippen LogP contribution < -0.4 is 10.0 Å².